The third kappa shape index (κ3) is 3.63. The van der Waals surface area contributed by atoms with Gasteiger partial charge >= 0.3 is 0 Å². The number of benzene rings is 2. The van der Waals surface area contributed by atoms with Crippen molar-refractivity contribution < 1.29 is 14.6 Å². The van der Waals surface area contributed by atoms with Crippen LogP contribution in [-0.2, 0) is 11.2 Å². The van der Waals surface area contributed by atoms with Gasteiger partial charge in [0.05, 0.1) is 0 Å². The Bertz CT molecular complexity index is 998. The molecule has 4 heteroatoms. The smallest absolute Gasteiger partial charge is 0.139 e. The van der Waals surface area contributed by atoms with Crippen molar-refractivity contribution in [3.63, 3.8) is 0 Å². The average molecular weight is 434 g/mol. The molecule has 5 rings (SSSR count). The quantitative estimate of drug-likeness (QED) is 0.708. The van der Waals surface area contributed by atoms with E-state index in [0.717, 1.165) is 44.4 Å². The second-order valence-corrected chi connectivity index (χ2v) is 10.6. The number of ether oxygens (including phenoxy) is 1. The van der Waals surface area contributed by atoms with E-state index in [1.807, 2.05) is 26.2 Å². The molecule has 4 nitrogen and oxygen atoms in total. The molecule has 2 fully saturated rings. The molecule has 0 aromatic heterocycles. The molecule has 3 aliphatic rings. The van der Waals surface area contributed by atoms with Crippen molar-refractivity contribution in [2.75, 3.05) is 27.2 Å². The normalized spacial score (nSPS) is 31.2. The molecule has 1 N–H and O–H groups in total. The summed E-state index contributed by atoms with van der Waals surface area (Å²) in [6.45, 7) is 3.80. The van der Waals surface area contributed by atoms with Crippen molar-refractivity contribution in [1.29, 1.82) is 0 Å². The first kappa shape index (κ1) is 21.5. The number of Topliss-reactive ketones (excluding diaryl/α,β-unsaturated/α-hetero) is 1. The van der Waals surface area contributed by atoms with Gasteiger partial charge in [0.25, 0.3) is 0 Å². The predicted molar refractivity (Wildman–Crippen MR) is 126 cm³/mol. The van der Waals surface area contributed by atoms with E-state index in [0.29, 0.717) is 41.8 Å². The van der Waals surface area contributed by atoms with Gasteiger partial charge in [0.1, 0.15) is 23.9 Å². The first-order valence-corrected chi connectivity index (χ1v) is 12.1. The molecular formula is C28H35NO3. The molecule has 32 heavy (non-hydrogen) atoms. The molecule has 0 aliphatic heterocycles. The zero-order chi connectivity index (χ0) is 22.5. The van der Waals surface area contributed by atoms with E-state index in [9.17, 15) is 9.90 Å². The summed E-state index contributed by atoms with van der Waals surface area (Å²) in [4.78, 5) is 15.2. The standard InChI is InChI=1S/C28H35NO3/c1-28-17-24(18-4-8-21(9-5-18)32-15-14-29(2)3)27-22-11-7-20(30)16-19(22)6-10-23(27)25(28)12-13-26(28)31/h4-5,7-9,11,16,23-25,27,30H,6,10,12-15,17H2,1-3H3/t23?,24-,25?,27?,28+/m1/s1. The van der Waals surface area contributed by atoms with Gasteiger partial charge in [-0.2, -0.15) is 0 Å². The third-order valence-corrected chi connectivity index (χ3v) is 8.54. The molecule has 2 aromatic carbocycles. The van der Waals surface area contributed by atoms with Gasteiger partial charge in [0.2, 0.25) is 0 Å². The second kappa shape index (κ2) is 8.22. The summed E-state index contributed by atoms with van der Waals surface area (Å²) in [6, 6.07) is 14.5. The lowest BCUT2D eigenvalue weighted by atomic mass is 9.51. The van der Waals surface area contributed by atoms with Gasteiger partial charge in [-0.3, -0.25) is 4.79 Å². The number of ketones is 1. The SMILES string of the molecule is CN(C)CCOc1ccc([C@H]2C[C@]3(C)C(=O)CCC3C3CCc4cc(O)ccc4C32)cc1. The van der Waals surface area contributed by atoms with Crippen LogP contribution in [-0.4, -0.2) is 43.0 Å². The number of nitrogens with zero attached hydrogens (tertiary/aromatic N) is 1. The van der Waals surface area contributed by atoms with Crippen LogP contribution in [0.15, 0.2) is 42.5 Å². The number of aryl methyl sites for hydroxylation is 1. The fourth-order valence-electron chi connectivity index (χ4n) is 6.95. The Balaban J connectivity index is 1.49. The van der Waals surface area contributed by atoms with Crippen LogP contribution in [0.2, 0.25) is 0 Å². The highest BCUT2D eigenvalue weighted by Gasteiger charge is 2.57. The largest absolute Gasteiger partial charge is 0.508 e. The molecule has 0 saturated heterocycles. The summed E-state index contributed by atoms with van der Waals surface area (Å²) >= 11 is 0. The number of aromatic hydroxyl groups is 1. The fraction of sp³-hybridized carbons (Fsp3) is 0.536. The van der Waals surface area contributed by atoms with Gasteiger partial charge in [-0.25, -0.2) is 0 Å². The number of likely N-dealkylation sites (N-methyl/N-ethyl adjacent to an activating group) is 1. The molecule has 2 saturated carbocycles. The summed E-state index contributed by atoms with van der Waals surface area (Å²) in [5, 5.41) is 10.1. The fourth-order valence-corrected chi connectivity index (χ4v) is 6.95. The summed E-state index contributed by atoms with van der Waals surface area (Å²) in [7, 11) is 4.09. The van der Waals surface area contributed by atoms with Crippen LogP contribution in [0.3, 0.4) is 0 Å². The molecule has 2 aromatic rings. The lowest BCUT2D eigenvalue weighted by Gasteiger charge is -2.52. The zero-order valence-corrected chi connectivity index (χ0v) is 19.5. The molecular weight excluding hydrogens is 398 g/mol. The topological polar surface area (TPSA) is 49.8 Å². The Labute approximate surface area is 191 Å². The maximum Gasteiger partial charge on any atom is 0.139 e. The van der Waals surface area contributed by atoms with E-state index < -0.39 is 0 Å². The van der Waals surface area contributed by atoms with E-state index in [4.69, 9.17) is 4.74 Å². The predicted octanol–water partition coefficient (Wildman–Crippen LogP) is 5.15. The minimum Gasteiger partial charge on any atom is -0.508 e. The number of hydrogen-bond donors (Lipinski definition) is 1. The van der Waals surface area contributed by atoms with Crippen molar-refractivity contribution in [2.45, 2.75) is 50.9 Å². The summed E-state index contributed by atoms with van der Waals surface area (Å²) in [5.74, 6) is 3.44. The van der Waals surface area contributed by atoms with E-state index in [2.05, 4.69) is 42.2 Å². The molecule has 0 heterocycles. The molecule has 3 aliphatic carbocycles. The molecule has 3 unspecified atom stereocenters. The highest BCUT2D eigenvalue weighted by atomic mass is 16.5. The number of rotatable bonds is 5. The lowest BCUT2D eigenvalue weighted by molar-refractivity contribution is -0.130. The molecule has 170 valence electrons. The number of phenols is 1. The monoisotopic (exact) mass is 433 g/mol. The summed E-state index contributed by atoms with van der Waals surface area (Å²) in [6.07, 6.45) is 4.79. The van der Waals surface area contributed by atoms with Crippen molar-refractivity contribution in [3.05, 3.63) is 59.2 Å². The minimum absolute atomic E-state index is 0.207. The molecule has 5 atom stereocenters. The molecule has 0 amide bonds. The Hall–Kier alpha value is -2.33. The molecule has 0 spiro atoms. The third-order valence-electron chi connectivity index (χ3n) is 8.54. The van der Waals surface area contributed by atoms with E-state index in [1.54, 1.807) is 0 Å². The highest BCUT2D eigenvalue weighted by molar-refractivity contribution is 5.87. The Kier molecular flexibility index (Phi) is 5.53. The molecule has 0 bridgehead atoms. The van der Waals surface area contributed by atoms with Gasteiger partial charge in [0.15, 0.2) is 0 Å². The summed E-state index contributed by atoms with van der Waals surface area (Å²) < 4.78 is 5.92. The van der Waals surface area contributed by atoms with Crippen LogP contribution in [0.5, 0.6) is 11.5 Å². The van der Waals surface area contributed by atoms with Crippen LogP contribution in [0.4, 0.5) is 0 Å². The van der Waals surface area contributed by atoms with Crippen LogP contribution < -0.4 is 4.74 Å². The first-order chi connectivity index (χ1) is 15.4. The van der Waals surface area contributed by atoms with Gasteiger partial charge in [-0.15, -0.1) is 0 Å². The average Bonchev–Trinajstić information content (AvgIpc) is 3.07. The number of fused-ring (bicyclic) bond motifs is 5. The maximum atomic E-state index is 13.0. The Morgan fingerprint density at radius 3 is 2.62 bits per heavy atom. The van der Waals surface area contributed by atoms with Gasteiger partial charge < -0.3 is 14.7 Å². The minimum atomic E-state index is -0.207. The maximum absolute atomic E-state index is 13.0. The number of hydrogen-bond acceptors (Lipinski definition) is 4. The number of phenolic OH excluding ortho intramolecular Hbond substituents is 1. The number of carbonyl (C=O) groups is 1. The van der Waals surface area contributed by atoms with E-state index >= 15 is 0 Å². The van der Waals surface area contributed by atoms with Crippen LogP contribution >= 0.6 is 0 Å². The molecule has 0 radical (unpaired) electrons. The Morgan fingerprint density at radius 2 is 1.88 bits per heavy atom. The van der Waals surface area contributed by atoms with Crippen LogP contribution in [0.25, 0.3) is 0 Å². The van der Waals surface area contributed by atoms with Crippen molar-refractivity contribution in [2.24, 2.45) is 17.3 Å². The van der Waals surface area contributed by atoms with Crippen molar-refractivity contribution in [1.82, 2.24) is 4.90 Å². The van der Waals surface area contributed by atoms with Gasteiger partial charge in [0, 0.05) is 18.4 Å². The number of carbonyl (C=O) groups excluding carboxylic acids is 1. The van der Waals surface area contributed by atoms with Crippen LogP contribution in [0.1, 0.15) is 61.1 Å². The second-order valence-electron chi connectivity index (χ2n) is 10.6. The van der Waals surface area contributed by atoms with Crippen molar-refractivity contribution >= 4 is 5.78 Å². The first-order valence-electron chi connectivity index (χ1n) is 12.1. The lowest BCUT2D eigenvalue weighted by Crippen LogP contribution is -2.45. The van der Waals surface area contributed by atoms with Crippen LogP contribution in [0, 0.1) is 17.3 Å². The van der Waals surface area contributed by atoms with E-state index in [-0.39, 0.29) is 5.41 Å². The van der Waals surface area contributed by atoms with E-state index in [1.165, 1.54) is 16.7 Å². The zero-order valence-electron chi connectivity index (χ0n) is 19.5. The Morgan fingerprint density at radius 1 is 1.09 bits per heavy atom. The van der Waals surface area contributed by atoms with Gasteiger partial charge in [-0.1, -0.05) is 25.1 Å². The van der Waals surface area contributed by atoms with Crippen molar-refractivity contribution in [3.8, 4) is 11.5 Å². The summed E-state index contributed by atoms with van der Waals surface area (Å²) in [5.41, 5.74) is 3.77. The highest BCUT2D eigenvalue weighted by Crippen LogP contribution is 2.64. The van der Waals surface area contributed by atoms with Gasteiger partial charge in [-0.05, 0) is 104 Å².